The summed E-state index contributed by atoms with van der Waals surface area (Å²) in [5.74, 6) is 0. The maximum absolute atomic E-state index is 2.99. The molecule has 0 atom stereocenters. The first kappa shape index (κ1) is 25.3. The van der Waals surface area contributed by atoms with Gasteiger partial charge >= 0.3 is 60.2 Å². The second kappa shape index (κ2) is 19.3. The fourth-order valence-electron chi connectivity index (χ4n) is 1.23. The molecule has 0 bridgehead atoms. The van der Waals surface area contributed by atoms with E-state index >= 15 is 0 Å². The summed E-state index contributed by atoms with van der Waals surface area (Å²) in [7, 11) is 0. The molecular weight excluding hydrogens is 335 g/mol. The van der Waals surface area contributed by atoms with E-state index in [-0.39, 0.29) is 32.2 Å². The molecule has 2 aliphatic rings. The summed E-state index contributed by atoms with van der Waals surface area (Å²) in [6.07, 6.45) is 20.0. The summed E-state index contributed by atoms with van der Waals surface area (Å²) in [6, 6.07) is 10.3. The average molecular weight is 356 g/mol. The van der Waals surface area contributed by atoms with Gasteiger partial charge in [0.15, 0.2) is 0 Å². The number of benzene rings is 1. The summed E-state index contributed by atoms with van der Waals surface area (Å²) in [6.45, 7) is 0. The Hall–Kier alpha value is -0.656. The van der Waals surface area contributed by atoms with Crippen LogP contribution in [0.15, 0.2) is 66.8 Å². The van der Waals surface area contributed by atoms with E-state index in [1.165, 1.54) is 5.56 Å². The van der Waals surface area contributed by atoms with Crippen LogP contribution in [0.25, 0.3) is 0 Å². The molecule has 0 unspecified atom stereocenters. The molecule has 0 aromatic heterocycles. The van der Waals surface area contributed by atoms with Crippen molar-refractivity contribution in [2.75, 3.05) is 0 Å². The molecule has 0 nitrogen and oxygen atoms in total. The van der Waals surface area contributed by atoms with Crippen molar-refractivity contribution in [2.45, 2.75) is 12.8 Å². The number of allylic oxidation sites excluding steroid dienone is 8. The van der Waals surface area contributed by atoms with Crippen LogP contribution in [0, 0.1) is 19.6 Å². The Labute approximate surface area is 153 Å². The van der Waals surface area contributed by atoms with E-state index in [0.29, 0.717) is 0 Å². The molecular formula is C18H21Cl2Ti-3. The van der Waals surface area contributed by atoms with Crippen LogP contribution >= 0.6 is 24.8 Å². The first-order valence-corrected chi connectivity index (χ1v) is 6.82. The Morgan fingerprint density at radius 2 is 1.33 bits per heavy atom. The van der Waals surface area contributed by atoms with Crippen LogP contribution in [0.1, 0.15) is 18.4 Å². The first-order chi connectivity index (χ1) is 8.93. The van der Waals surface area contributed by atoms with Gasteiger partial charge in [-0.25, -0.2) is 24.3 Å². The van der Waals surface area contributed by atoms with Gasteiger partial charge in [0.1, 0.15) is 0 Å². The van der Waals surface area contributed by atoms with E-state index in [0.717, 1.165) is 12.8 Å². The summed E-state index contributed by atoms with van der Waals surface area (Å²) < 4.78 is 2.08. The SMILES string of the molecule is Cl.Cl.[C-]1=CC=CC1.[C-]1=CC=CC1.[CH3-].[Ti]=[CH]c1ccccc1. The van der Waals surface area contributed by atoms with E-state index in [1.54, 1.807) is 0 Å². The first-order valence-electron chi connectivity index (χ1n) is 5.92. The number of hydrogen-bond acceptors (Lipinski definition) is 0. The summed E-state index contributed by atoms with van der Waals surface area (Å²) in [5, 5.41) is 0. The summed E-state index contributed by atoms with van der Waals surface area (Å²) in [4.78, 5) is 0. The van der Waals surface area contributed by atoms with Gasteiger partial charge in [-0.1, -0.05) is 0 Å². The predicted octanol–water partition coefficient (Wildman–Crippen LogP) is 5.29. The molecule has 0 fully saturated rings. The molecule has 0 spiro atoms. The Morgan fingerprint density at radius 1 is 0.857 bits per heavy atom. The molecule has 3 heteroatoms. The van der Waals surface area contributed by atoms with Crippen LogP contribution in [-0.2, 0) is 20.0 Å². The zero-order valence-electron chi connectivity index (χ0n) is 12.2. The van der Waals surface area contributed by atoms with E-state index in [9.17, 15) is 0 Å². The molecule has 0 saturated carbocycles. The van der Waals surface area contributed by atoms with Gasteiger partial charge in [0.05, 0.1) is 0 Å². The van der Waals surface area contributed by atoms with Crippen molar-refractivity contribution in [2.24, 2.45) is 0 Å². The molecule has 0 radical (unpaired) electrons. The Bertz CT molecular complexity index is 404. The van der Waals surface area contributed by atoms with E-state index in [4.69, 9.17) is 0 Å². The topological polar surface area (TPSA) is 0 Å². The second-order valence-corrected chi connectivity index (χ2v) is 4.01. The van der Waals surface area contributed by atoms with Crippen molar-refractivity contribution in [1.29, 1.82) is 0 Å². The van der Waals surface area contributed by atoms with E-state index in [1.807, 2.05) is 62.5 Å². The monoisotopic (exact) mass is 355 g/mol. The molecule has 2 aliphatic carbocycles. The number of halogens is 2. The summed E-state index contributed by atoms with van der Waals surface area (Å²) >= 11 is 2.04. The standard InChI is InChI=1S/C7H6.2C5H5.CH3.2ClH.Ti/c1-7-5-3-2-4-6-7;2*1-2-4-5-3-1;;;;/h1-6H;2*1-3H,4H2;1H3;2*1H;/q;3*-1;;;. The molecule has 0 N–H and O–H groups in total. The molecule has 3 rings (SSSR count). The van der Waals surface area contributed by atoms with E-state index in [2.05, 4.69) is 40.8 Å². The van der Waals surface area contributed by atoms with E-state index < -0.39 is 0 Å². The van der Waals surface area contributed by atoms with Gasteiger partial charge in [0, 0.05) is 0 Å². The number of hydrogen-bond donors (Lipinski definition) is 0. The Balaban J connectivity index is -0.000000223. The van der Waals surface area contributed by atoms with Crippen LogP contribution < -0.4 is 0 Å². The fourth-order valence-corrected chi connectivity index (χ4v) is 1.53. The van der Waals surface area contributed by atoms with Gasteiger partial charge in [-0.15, -0.1) is 37.7 Å². The molecule has 1 aromatic carbocycles. The van der Waals surface area contributed by atoms with Crippen molar-refractivity contribution >= 4 is 29.1 Å². The van der Waals surface area contributed by atoms with Crippen LogP contribution in [-0.4, -0.2) is 4.31 Å². The summed E-state index contributed by atoms with van der Waals surface area (Å²) in [5.41, 5.74) is 1.28. The fraction of sp³-hybridized carbons (Fsp3) is 0.111. The van der Waals surface area contributed by atoms with Gasteiger partial charge in [-0.3, -0.25) is 12.2 Å². The quantitative estimate of drug-likeness (QED) is 0.474. The van der Waals surface area contributed by atoms with Gasteiger partial charge < -0.3 is 7.43 Å². The molecule has 0 saturated heterocycles. The third-order valence-corrected chi connectivity index (χ3v) is 2.66. The predicted molar refractivity (Wildman–Crippen MR) is 95.7 cm³/mol. The van der Waals surface area contributed by atoms with Gasteiger partial charge in [0.25, 0.3) is 0 Å². The zero-order valence-corrected chi connectivity index (χ0v) is 15.4. The van der Waals surface area contributed by atoms with Gasteiger partial charge in [-0.2, -0.15) is 12.2 Å². The van der Waals surface area contributed by atoms with Crippen molar-refractivity contribution in [3.63, 3.8) is 0 Å². The average Bonchev–Trinajstić information content (AvgIpc) is 3.17. The molecule has 0 heterocycles. The minimum atomic E-state index is 0. The molecule has 0 aliphatic heterocycles. The Kier molecular flexibility index (Phi) is 23.3. The van der Waals surface area contributed by atoms with Crippen LogP contribution in [0.3, 0.4) is 0 Å². The Morgan fingerprint density at radius 3 is 1.52 bits per heavy atom. The zero-order chi connectivity index (χ0) is 12.9. The number of rotatable bonds is 1. The van der Waals surface area contributed by atoms with Gasteiger partial charge in [0.2, 0.25) is 0 Å². The normalized spacial score (nSPS) is 11.6. The van der Waals surface area contributed by atoms with Crippen molar-refractivity contribution < 1.29 is 20.0 Å². The molecule has 0 amide bonds. The van der Waals surface area contributed by atoms with Crippen LogP contribution in [0.2, 0.25) is 0 Å². The third kappa shape index (κ3) is 15.6. The third-order valence-electron chi connectivity index (χ3n) is 2.14. The van der Waals surface area contributed by atoms with Gasteiger partial charge in [-0.05, 0) is 0 Å². The maximum atomic E-state index is 2.99. The molecule has 114 valence electrons. The van der Waals surface area contributed by atoms with Crippen molar-refractivity contribution in [3.8, 4) is 0 Å². The van der Waals surface area contributed by atoms with Crippen LogP contribution in [0.4, 0.5) is 0 Å². The molecule has 21 heavy (non-hydrogen) atoms. The van der Waals surface area contributed by atoms with Crippen LogP contribution in [0.5, 0.6) is 0 Å². The minimum absolute atomic E-state index is 0. The molecule has 1 aromatic rings. The second-order valence-electron chi connectivity index (χ2n) is 3.56. The van der Waals surface area contributed by atoms with Crippen molar-refractivity contribution in [1.82, 2.24) is 0 Å². The van der Waals surface area contributed by atoms with Crippen molar-refractivity contribution in [3.05, 3.63) is 91.9 Å².